The highest BCUT2D eigenvalue weighted by molar-refractivity contribution is 5.68. The molecule has 2 rings (SSSR count). The van der Waals surface area contributed by atoms with Crippen LogP contribution in [0.15, 0.2) is 42.5 Å². The van der Waals surface area contributed by atoms with Crippen LogP contribution in [0.25, 0.3) is 11.1 Å². The van der Waals surface area contributed by atoms with E-state index in [2.05, 4.69) is 77.1 Å². The Morgan fingerprint density at radius 2 is 1.44 bits per heavy atom. The van der Waals surface area contributed by atoms with Crippen molar-refractivity contribution in [2.45, 2.75) is 40.0 Å². The zero-order chi connectivity index (χ0) is 13.3. The predicted molar refractivity (Wildman–Crippen MR) is 80.1 cm³/mol. The molecule has 0 nitrogen and oxygen atoms in total. The van der Waals surface area contributed by atoms with E-state index in [1.165, 1.54) is 27.8 Å². The molecular formula is C18H22. The van der Waals surface area contributed by atoms with Gasteiger partial charge in [-0.15, -0.1) is 0 Å². The van der Waals surface area contributed by atoms with E-state index >= 15 is 0 Å². The van der Waals surface area contributed by atoms with Crippen molar-refractivity contribution in [1.82, 2.24) is 0 Å². The zero-order valence-electron chi connectivity index (χ0n) is 12.0. The highest BCUT2D eigenvalue weighted by Crippen LogP contribution is 2.31. The van der Waals surface area contributed by atoms with Gasteiger partial charge in [0.15, 0.2) is 0 Å². The second-order valence-corrected chi connectivity index (χ2v) is 6.09. The predicted octanol–water partition coefficient (Wildman–Crippen LogP) is 5.27. The quantitative estimate of drug-likeness (QED) is 0.635. The van der Waals surface area contributed by atoms with E-state index in [-0.39, 0.29) is 5.41 Å². The van der Waals surface area contributed by atoms with Gasteiger partial charge in [0.1, 0.15) is 0 Å². The highest BCUT2D eigenvalue weighted by Gasteiger charge is 2.17. The van der Waals surface area contributed by atoms with Crippen LogP contribution in [-0.2, 0) is 5.41 Å². The van der Waals surface area contributed by atoms with Crippen molar-refractivity contribution in [3.63, 3.8) is 0 Å². The molecule has 0 heteroatoms. The summed E-state index contributed by atoms with van der Waals surface area (Å²) >= 11 is 0. The van der Waals surface area contributed by atoms with Gasteiger partial charge in [-0.25, -0.2) is 0 Å². The summed E-state index contributed by atoms with van der Waals surface area (Å²) in [6, 6.07) is 15.4. The van der Waals surface area contributed by atoms with Crippen LogP contribution in [0.4, 0.5) is 0 Å². The lowest BCUT2D eigenvalue weighted by atomic mass is 9.82. The summed E-state index contributed by atoms with van der Waals surface area (Å²) in [4.78, 5) is 0. The molecule has 18 heavy (non-hydrogen) atoms. The van der Waals surface area contributed by atoms with Gasteiger partial charge in [0.25, 0.3) is 0 Å². The van der Waals surface area contributed by atoms with Crippen LogP contribution in [0, 0.1) is 13.8 Å². The minimum atomic E-state index is 0.197. The molecule has 0 saturated heterocycles. The molecule has 0 aliphatic heterocycles. The first-order chi connectivity index (χ1) is 8.39. The fraction of sp³-hybridized carbons (Fsp3) is 0.333. The molecular weight excluding hydrogens is 216 g/mol. The molecule has 94 valence electrons. The Bertz CT molecular complexity index is 556. The van der Waals surface area contributed by atoms with Crippen LogP contribution in [0.2, 0.25) is 0 Å². The van der Waals surface area contributed by atoms with Crippen molar-refractivity contribution in [3.8, 4) is 11.1 Å². The summed E-state index contributed by atoms with van der Waals surface area (Å²) in [7, 11) is 0. The first kappa shape index (κ1) is 12.9. The second-order valence-electron chi connectivity index (χ2n) is 6.09. The monoisotopic (exact) mass is 238 g/mol. The SMILES string of the molecule is Cc1ccccc1-c1ccc(C)c(C(C)(C)C)c1. The molecule has 0 N–H and O–H groups in total. The molecule has 0 spiro atoms. The summed E-state index contributed by atoms with van der Waals surface area (Å²) in [6.07, 6.45) is 0. The molecule has 0 aromatic heterocycles. The molecule has 0 amide bonds. The van der Waals surface area contributed by atoms with Crippen LogP contribution in [0.3, 0.4) is 0 Å². The van der Waals surface area contributed by atoms with Crippen molar-refractivity contribution in [2.24, 2.45) is 0 Å². The largest absolute Gasteiger partial charge is 0.0620 e. The van der Waals surface area contributed by atoms with Crippen molar-refractivity contribution in [3.05, 3.63) is 59.2 Å². The van der Waals surface area contributed by atoms with E-state index in [1.54, 1.807) is 0 Å². The van der Waals surface area contributed by atoms with E-state index in [1.807, 2.05) is 0 Å². The summed E-state index contributed by atoms with van der Waals surface area (Å²) in [5.74, 6) is 0. The Morgan fingerprint density at radius 1 is 0.778 bits per heavy atom. The minimum absolute atomic E-state index is 0.197. The standard InChI is InChI=1S/C18H22/c1-13-8-6-7-9-16(13)15-11-10-14(2)17(12-15)18(3,4)5/h6-12H,1-5H3. The van der Waals surface area contributed by atoms with Gasteiger partial charge in [-0.1, -0.05) is 63.2 Å². The van der Waals surface area contributed by atoms with Gasteiger partial charge >= 0.3 is 0 Å². The maximum atomic E-state index is 2.34. The Labute approximate surface area is 111 Å². The molecule has 0 fully saturated rings. The molecule has 0 saturated carbocycles. The van der Waals surface area contributed by atoms with Gasteiger partial charge in [0.05, 0.1) is 0 Å². The maximum Gasteiger partial charge on any atom is -0.0129 e. The molecule has 0 aliphatic carbocycles. The summed E-state index contributed by atoms with van der Waals surface area (Å²) in [6.45, 7) is 11.2. The maximum absolute atomic E-state index is 2.34. The van der Waals surface area contributed by atoms with E-state index in [9.17, 15) is 0 Å². The topological polar surface area (TPSA) is 0 Å². The smallest absolute Gasteiger partial charge is 0.0129 e. The van der Waals surface area contributed by atoms with Gasteiger partial charge < -0.3 is 0 Å². The summed E-state index contributed by atoms with van der Waals surface area (Å²) in [5.41, 5.74) is 7.00. The fourth-order valence-corrected chi connectivity index (χ4v) is 2.49. The van der Waals surface area contributed by atoms with Crippen molar-refractivity contribution >= 4 is 0 Å². The van der Waals surface area contributed by atoms with Gasteiger partial charge in [-0.3, -0.25) is 0 Å². The van der Waals surface area contributed by atoms with Crippen LogP contribution >= 0.6 is 0 Å². The van der Waals surface area contributed by atoms with Gasteiger partial charge in [-0.05, 0) is 47.1 Å². The molecule has 0 unspecified atom stereocenters. The number of benzene rings is 2. The van der Waals surface area contributed by atoms with E-state index in [0.29, 0.717) is 0 Å². The third kappa shape index (κ3) is 2.48. The third-order valence-electron chi connectivity index (χ3n) is 3.50. The van der Waals surface area contributed by atoms with E-state index < -0.39 is 0 Å². The minimum Gasteiger partial charge on any atom is -0.0620 e. The molecule has 0 heterocycles. The summed E-state index contributed by atoms with van der Waals surface area (Å²) in [5, 5.41) is 0. The Morgan fingerprint density at radius 3 is 2.06 bits per heavy atom. The molecule has 2 aromatic carbocycles. The van der Waals surface area contributed by atoms with Crippen LogP contribution in [-0.4, -0.2) is 0 Å². The number of rotatable bonds is 1. The van der Waals surface area contributed by atoms with Crippen LogP contribution in [0.1, 0.15) is 37.5 Å². The highest BCUT2D eigenvalue weighted by atomic mass is 14.2. The Kier molecular flexibility index (Phi) is 3.30. The Hall–Kier alpha value is -1.56. The van der Waals surface area contributed by atoms with Crippen LogP contribution in [0.5, 0.6) is 0 Å². The van der Waals surface area contributed by atoms with Crippen molar-refractivity contribution in [2.75, 3.05) is 0 Å². The van der Waals surface area contributed by atoms with Gasteiger partial charge in [-0.2, -0.15) is 0 Å². The second kappa shape index (κ2) is 4.61. The first-order valence-corrected chi connectivity index (χ1v) is 6.57. The molecule has 0 aliphatic rings. The normalized spacial score (nSPS) is 11.6. The first-order valence-electron chi connectivity index (χ1n) is 6.57. The molecule has 2 aromatic rings. The van der Waals surface area contributed by atoms with E-state index in [0.717, 1.165) is 0 Å². The lowest BCUT2D eigenvalue weighted by molar-refractivity contribution is 0.586. The number of hydrogen-bond donors (Lipinski definition) is 0. The van der Waals surface area contributed by atoms with Gasteiger partial charge in [0.2, 0.25) is 0 Å². The zero-order valence-corrected chi connectivity index (χ0v) is 12.0. The lowest BCUT2D eigenvalue weighted by Gasteiger charge is -2.23. The Balaban J connectivity index is 2.58. The number of hydrogen-bond acceptors (Lipinski definition) is 0. The molecule has 0 bridgehead atoms. The third-order valence-corrected chi connectivity index (χ3v) is 3.50. The molecule has 0 atom stereocenters. The average Bonchev–Trinajstić information content (AvgIpc) is 2.29. The lowest BCUT2D eigenvalue weighted by Crippen LogP contribution is -2.13. The van der Waals surface area contributed by atoms with Crippen molar-refractivity contribution in [1.29, 1.82) is 0 Å². The molecule has 0 radical (unpaired) electrons. The van der Waals surface area contributed by atoms with Crippen molar-refractivity contribution < 1.29 is 0 Å². The number of aryl methyl sites for hydroxylation is 2. The van der Waals surface area contributed by atoms with Gasteiger partial charge in [0, 0.05) is 0 Å². The van der Waals surface area contributed by atoms with E-state index in [4.69, 9.17) is 0 Å². The summed E-state index contributed by atoms with van der Waals surface area (Å²) < 4.78 is 0. The fourth-order valence-electron chi connectivity index (χ4n) is 2.49. The average molecular weight is 238 g/mol. The van der Waals surface area contributed by atoms with Crippen LogP contribution < -0.4 is 0 Å².